The summed E-state index contributed by atoms with van der Waals surface area (Å²) in [6, 6.07) is 20.1. The van der Waals surface area contributed by atoms with Crippen LogP contribution in [0.2, 0.25) is 0 Å². The van der Waals surface area contributed by atoms with Crippen LogP contribution in [0.3, 0.4) is 0 Å². The Morgan fingerprint density at radius 1 is 1.04 bits per heavy atom. The molecule has 27 heavy (non-hydrogen) atoms. The van der Waals surface area contributed by atoms with E-state index in [-0.39, 0.29) is 18.1 Å². The van der Waals surface area contributed by atoms with Crippen molar-refractivity contribution in [3.05, 3.63) is 90.0 Å². The van der Waals surface area contributed by atoms with Crippen LogP contribution in [0.1, 0.15) is 30.5 Å². The summed E-state index contributed by atoms with van der Waals surface area (Å²) < 4.78 is 6.33. The van der Waals surface area contributed by atoms with E-state index < -0.39 is 6.23 Å². The number of rotatable bonds is 3. The SMILES string of the molecule is C=C1CC=C(c2ccccc2)O[C@@H]1N1C(=O)N(C)[C@@H](C)[C@H]1c1ccccc1. The normalized spacial score (nSPS) is 25.4. The lowest BCUT2D eigenvalue weighted by Crippen LogP contribution is -2.43. The van der Waals surface area contributed by atoms with Crippen molar-refractivity contribution >= 4 is 11.8 Å². The van der Waals surface area contributed by atoms with Crippen molar-refractivity contribution in [3.63, 3.8) is 0 Å². The van der Waals surface area contributed by atoms with E-state index in [1.165, 1.54) is 0 Å². The van der Waals surface area contributed by atoms with Gasteiger partial charge < -0.3 is 9.64 Å². The molecule has 0 aromatic heterocycles. The molecule has 0 N–H and O–H groups in total. The summed E-state index contributed by atoms with van der Waals surface area (Å²) in [5, 5.41) is 0. The summed E-state index contributed by atoms with van der Waals surface area (Å²) in [5.41, 5.74) is 3.01. The molecular weight excluding hydrogens is 336 g/mol. The van der Waals surface area contributed by atoms with Crippen molar-refractivity contribution in [2.75, 3.05) is 7.05 Å². The van der Waals surface area contributed by atoms with Crippen LogP contribution in [-0.4, -0.2) is 35.1 Å². The van der Waals surface area contributed by atoms with Gasteiger partial charge in [-0.1, -0.05) is 67.2 Å². The summed E-state index contributed by atoms with van der Waals surface area (Å²) in [6.45, 7) is 6.28. The summed E-state index contributed by atoms with van der Waals surface area (Å²) in [4.78, 5) is 16.7. The average Bonchev–Trinajstić information content (AvgIpc) is 2.94. The Labute approximate surface area is 160 Å². The number of allylic oxidation sites excluding steroid dienone is 1. The Morgan fingerprint density at radius 2 is 1.67 bits per heavy atom. The van der Waals surface area contributed by atoms with Gasteiger partial charge in [-0.25, -0.2) is 4.79 Å². The highest BCUT2D eigenvalue weighted by Crippen LogP contribution is 2.40. The Kier molecular flexibility index (Phi) is 4.48. The molecule has 2 heterocycles. The molecule has 138 valence electrons. The van der Waals surface area contributed by atoms with Gasteiger partial charge in [-0.2, -0.15) is 0 Å². The molecule has 0 aliphatic carbocycles. The number of amides is 2. The fourth-order valence-electron chi connectivity index (χ4n) is 3.87. The van der Waals surface area contributed by atoms with Crippen molar-refractivity contribution in [1.29, 1.82) is 0 Å². The lowest BCUT2D eigenvalue weighted by Gasteiger charge is -2.37. The van der Waals surface area contributed by atoms with E-state index in [0.717, 1.165) is 22.5 Å². The van der Waals surface area contributed by atoms with Crippen LogP contribution in [0.4, 0.5) is 4.79 Å². The lowest BCUT2D eigenvalue weighted by molar-refractivity contribution is 0.0383. The van der Waals surface area contributed by atoms with E-state index in [1.807, 2.05) is 66.6 Å². The van der Waals surface area contributed by atoms with Gasteiger partial charge in [0.05, 0.1) is 12.1 Å². The van der Waals surface area contributed by atoms with E-state index >= 15 is 0 Å². The summed E-state index contributed by atoms with van der Waals surface area (Å²) in [5.74, 6) is 0.801. The number of benzene rings is 2. The van der Waals surface area contributed by atoms with Crippen LogP contribution in [0.25, 0.3) is 5.76 Å². The van der Waals surface area contributed by atoms with Crippen LogP contribution in [0.5, 0.6) is 0 Å². The van der Waals surface area contributed by atoms with Gasteiger partial charge in [0.2, 0.25) is 0 Å². The molecule has 0 spiro atoms. The first-order chi connectivity index (χ1) is 13.1. The number of carbonyl (C=O) groups excluding carboxylic acids is 1. The van der Waals surface area contributed by atoms with E-state index in [1.54, 1.807) is 4.90 Å². The Balaban J connectivity index is 1.70. The quantitative estimate of drug-likeness (QED) is 0.735. The molecule has 4 nitrogen and oxygen atoms in total. The molecule has 1 saturated heterocycles. The van der Waals surface area contributed by atoms with Crippen molar-refractivity contribution in [3.8, 4) is 0 Å². The summed E-state index contributed by atoms with van der Waals surface area (Å²) >= 11 is 0. The molecule has 4 rings (SSSR count). The maximum atomic E-state index is 13.1. The third-order valence-corrected chi connectivity index (χ3v) is 5.48. The molecule has 0 radical (unpaired) electrons. The van der Waals surface area contributed by atoms with Gasteiger partial charge in [-0.05, 0) is 30.6 Å². The smallest absolute Gasteiger partial charge is 0.323 e. The molecule has 0 bridgehead atoms. The number of nitrogens with zero attached hydrogens (tertiary/aromatic N) is 2. The number of hydrogen-bond acceptors (Lipinski definition) is 2. The third kappa shape index (κ3) is 3.01. The standard InChI is InChI=1S/C23H24N2O2/c1-16-14-15-20(18-10-6-4-7-11-18)27-22(16)25-21(17(2)24(3)23(25)26)19-12-8-5-9-13-19/h4-13,15,17,21-22H,1,14H2,2-3H3/t17-,21-,22-/m0/s1. The van der Waals surface area contributed by atoms with Gasteiger partial charge in [0, 0.05) is 12.6 Å². The fourth-order valence-corrected chi connectivity index (χ4v) is 3.87. The topological polar surface area (TPSA) is 32.8 Å². The predicted molar refractivity (Wildman–Crippen MR) is 107 cm³/mol. The second-order valence-corrected chi connectivity index (χ2v) is 7.16. The maximum absolute atomic E-state index is 13.1. The molecule has 4 heteroatoms. The minimum Gasteiger partial charge on any atom is -0.466 e. The average molecular weight is 360 g/mol. The molecule has 0 saturated carbocycles. The molecule has 3 atom stereocenters. The Hall–Kier alpha value is -3.01. The fraction of sp³-hybridized carbons (Fsp3) is 0.261. The first kappa shape index (κ1) is 17.4. The van der Waals surface area contributed by atoms with Gasteiger partial charge in [-0.3, -0.25) is 4.90 Å². The predicted octanol–water partition coefficient (Wildman–Crippen LogP) is 4.83. The van der Waals surface area contributed by atoms with Gasteiger partial charge in [0.1, 0.15) is 5.76 Å². The highest BCUT2D eigenvalue weighted by molar-refractivity contribution is 5.79. The number of urea groups is 1. The molecular formula is C23H24N2O2. The van der Waals surface area contributed by atoms with Crippen LogP contribution < -0.4 is 0 Å². The van der Waals surface area contributed by atoms with Crippen LogP contribution in [0.15, 0.2) is 78.9 Å². The lowest BCUT2D eigenvalue weighted by atomic mass is 9.98. The van der Waals surface area contributed by atoms with Crippen LogP contribution >= 0.6 is 0 Å². The summed E-state index contributed by atoms with van der Waals surface area (Å²) in [6.07, 6.45) is 2.26. The molecule has 2 amide bonds. The van der Waals surface area contributed by atoms with Crippen molar-refractivity contribution in [1.82, 2.24) is 9.80 Å². The monoisotopic (exact) mass is 360 g/mol. The van der Waals surface area contributed by atoms with E-state index in [9.17, 15) is 4.79 Å². The minimum absolute atomic E-state index is 0.0307. The number of likely N-dealkylation sites (N-methyl/N-ethyl adjacent to an activating group) is 1. The van der Waals surface area contributed by atoms with Crippen LogP contribution in [0, 0.1) is 0 Å². The van der Waals surface area contributed by atoms with Crippen LogP contribution in [-0.2, 0) is 4.74 Å². The molecule has 2 aliphatic heterocycles. The van der Waals surface area contributed by atoms with E-state index in [0.29, 0.717) is 6.42 Å². The summed E-state index contributed by atoms with van der Waals surface area (Å²) in [7, 11) is 1.85. The molecule has 2 aliphatic rings. The first-order valence-corrected chi connectivity index (χ1v) is 9.28. The number of ether oxygens (including phenoxy) is 1. The Bertz CT molecular complexity index is 876. The largest absolute Gasteiger partial charge is 0.466 e. The molecule has 2 aromatic carbocycles. The minimum atomic E-state index is -0.477. The highest BCUT2D eigenvalue weighted by atomic mass is 16.5. The zero-order valence-electron chi connectivity index (χ0n) is 15.7. The van der Waals surface area contributed by atoms with Crippen molar-refractivity contribution < 1.29 is 9.53 Å². The van der Waals surface area contributed by atoms with Gasteiger partial charge in [0.25, 0.3) is 0 Å². The van der Waals surface area contributed by atoms with Gasteiger partial charge >= 0.3 is 6.03 Å². The zero-order valence-corrected chi connectivity index (χ0v) is 15.7. The number of hydrogen-bond donors (Lipinski definition) is 0. The van der Waals surface area contributed by atoms with Gasteiger partial charge in [-0.15, -0.1) is 0 Å². The first-order valence-electron chi connectivity index (χ1n) is 9.28. The molecule has 1 fully saturated rings. The molecule has 0 unspecified atom stereocenters. The van der Waals surface area contributed by atoms with E-state index in [2.05, 4.69) is 25.6 Å². The zero-order chi connectivity index (χ0) is 19.0. The van der Waals surface area contributed by atoms with Gasteiger partial charge in [0.15, 0.2) is 6.23 Å². The Morgan fingerprint density at radius 3 is 2.33 bits per heavy atom. The highest BCUT2D eigenvalue weighted by Gasteiger charge is 2.47. The molecule has 2 aromatic rings. The van der Waals surface area contributed by atoms with Crippen molar-refractivity contribution in [2.24, 2.45) is 0 Å². The number of carbonyl (C=O) groups is 1. The maximum Gasteiger partial charge on any atom is 0.323 e. The van der Waals surface area contributed by atoms with E-state index in [4.69, 9.17) is 4.74 Å². The van der Waals surface area contributed by atoms with Crippen molar-refractivity contribution in [2.45, 2.75) is 31.7 Å². The second-order valence-electron chi connectivity index (χ2n) is 7.16. The second kappa shape index (κ2) is 6.95. The third-order valence-electron chi connectivity index (χ3n) is 5.48.